The molecule has 1 aliphatic heterocycles. The molecule has 0 aliphatic carbocycles. The second kappa shape index (κ2) is 8.28. The van der Waals surface area contributed by atoms with E-state index in [-0.39, 0.29) is 13.0 Å². The summed E-state index contributed by atoms with van der Waals surface area (Å²) in [4.78, 5) is 36.0. The molecular weight excluding hydrogens is 393 g/mol. The first-order valence-electron chi connectivity index (χ1n) is 8.00. The molecule has 0 spiro atoms. The van der Waals surface area contributed by atoms with Gasteiger partial charge in [-0.15, -0.1) is 0 Å². The molecule has 2 aromatic rings. The smallest absolute Gasteiger partial charge is 0.266 e. The number of hydrogen-bond donors (Lipinski definition) is 3. The van der Waals surface area contributed by atoms with Crippen molar-refractivity contribution in [3.8, 4) is 5.75 Å². The van der Waals surface area contributed by atoms with E-state index >= 15 is 0 Å². The van der Waals surface area contributed by atoms with Gasteiger partial charge in [0.05, 0.1) is 29.4 Å². The van der Waals surface area contributed by atoms with Crippen LogP contribution in [-0.4, -0.2) is 30.4 Å². The van der Waals surface area contributed by atoms with Crippen LogP contribution in [0, 0.1) is 0 Å². The van der Waals surface area contributed by atoms with Crippen LogP contribution in [-0.2, 0) is 14.4 Å². The number of nitrogens with one attached hydrogen (secondary N) is 3. The van der Waals surface area contributed by atoms with Gasteiger partial charge in [-0.05, 0) is 30.3 Å². The summed E-state index contributed by atoms with van der Waals surface area (Å²) in [5.41, 5.74) is 0.895. The quantitative estimate of drug-likeness (QED) is 0.709. The second-order valence-corrected chi connectivity index (χ2v) is 6.59. The first kappa shape index (κ1) is 19.0. The monoisotopic (exact) mass is 407 g/mol. The molecule has 3 amide bonds. The summed E-state index contributed by atoms with van der Waals surface area (Å²) in [5.74, 6) is -0.906. The van der Waals surface area contributed by atoms with E-state index in [2.05, 4.69) is 16.0 Å². The van der Waals surface area contributed by atoms with Gasteiger partial charge in [-0.1, -0.05) is 35.3 Å². The zero-order valence-corrected chi connectivity index (χ0v) is 15.4. The van der Waals surface area contributed by atoms with E-state index in [0.717, 1.165) is 0 Å². The molecule has 9 heteroatoms. The highest BCUT2D eigenvalue weighted by molar-refractivity contribution is 6.35. The number of fused-ring (bicyclic) bond motifs is 1. The first-order valence-corrected chi connectivity index (χ1v) is 8.76. The molecule has 0 saturated heterocycles. The third-order valence-corrected chi connectivity index (χ3v) is 4.29. The van der Waals surface area contributed by atoms with Crippen LogP contribution in [0.5, 0.6) is 5.75 Å². The Hall–Kier alpha value is -2.77. The lowest BCUT2D eigenvalue weighted by molar-refractivity contribution is -0.131. The minimum atomic E-state index is -0.967. The maximum atomic E-state index is 12.0. The summed E-state index contributed by atoms with van der Waals surface area (Å²) in [7, 11) is 0. The van der Waals surface area contributed by atoms with Crippen molar-refractivity contribution in [1.29, 1.82) is 0 Å². The van der Waals surface area contributed by atoms with E-state index < -0.39 is 23.8 Å². The van der Waals surface area contributed by atoms with Crippen LogP contribution in [0.3, 0.4) is 0 Å². The SMILES string of the molecule is O=C(C[C@H]1Oc2ccccc2NC1=O)NCC(=O)Nc1cc(Cl)ccc1Cl. The largest absolute Gasteiger partial charge is 0.478 e. The minimum Gasteiger partial charge on any atom is -0.478 e. The Morgan fingerprint density at radius 3 is 2.70 bits per heavy atom. The predicted octanol–water partition coefficient (Wildman–Crippen LogP) is 2.84. The average molecular weight is 408 g/mol. The summed E-state index contributed by atoms with van der Waals surface area (Å²) < 4.78 is 5.54. The molecule has 0 saturated carbocycles. The van der Waals surface area contributed by atoms with Gasteiger partial charge in [0.25, 0.3) is 5.91 Å². The first-order chi connectivity index (χ1) is 12.9. The number of benzene rings is 2. The molecule has 0 aromatic heterocycles. The molecule has 1 aliphatic rings. The van der Waals surface area contributed by atoms with Gasteiger partial charge < -0.3 is 20.7 Å². The predicted molar refractivity (Wildman–Crippen MR) is 102 cm³/mol. The Morgan fingerprint density at radius 2 is 1.89 bits per heavy atom. The summed E-state index contributed by atoms with van der Waals surface area (Å²) in [6.07, 6.45) is -1.18. The van der Waals surface area contributed by atoms with E-state index in [9.17, 15) is 14.4 Å². The van der Waals surface area contributed by atoms with Crippen molar-refractivity contribution >= 4 is 52.3 Å². The molecule has 7 nitrogen and oxygen atoms in total. The number of para-hydroxylation sites is 2. The fourth-order valence-corrected chi connectivity index (χ4v) is 2.77. The van der Waals surface area contributed by atoms with Crippen molar-refractivity contribution in [2.75, 3.05) is 17.2 Å². The second-order valence-electron chi connectivity index (χ2n) is 5.75. The zero-order valence-electron chi connectivity index (χ0n) is 13.9. The third-order valence-electron chi connectivity index (χ3n) is 3.73. The number of anilines is 2. The lowest BCUT2D eigenvalue weighted by Crippen LogP contribution is -2.42. The van der Waals surface area contributed by atoms with Crippen molar-refractivity contribution in [3.63, 3.8) is 0 Å². The summed E-state index contributed by atoms with van der Waals surface area (Å²) >= 11 is 11.8. The van der Waals surface area contributed by atoms with E-state index in [0.29, 0.717) is 27.2 Å². The molecule has 2 aromatic carbocycles. The minimum absolute atomic E-state index is 0.217. The molecule has 3 rings (SSSR count). The van der Waals surface area contributed by atoms with Crippen molar-refractivity contribution < 1.29 is 19.1 Å². The van der Waals surface area contributed by atoms with Crippen LogP contribution in [0.15, 0.2) is 42.5 Å². The average Bonchev–Trinajstić information content (AvgIpc) is 2.64. The summed E-state index contributed by atoms with van der Waals surface area (Å²) in [6.45, 7) is -0.285. The Morgan fingerprint density at radius 1 is 1.11 bits per heavy atom. The fourth-order valence-electron chi connectivity index (χ4n) is 2.43. The third kappa shape index (κ3) is 4.90. The molecule has 0 fully saturated rings. The van der Waals surface area contributed by atoms with Gasteiger partial charge in [0.2, 0.25) is 11.8 Å². The summed E-state index contributed by atoms with van der Waals surface area (Å²) in [6, 6.07) is 11.6. The van der Waals surface area contributed by atoms with Gasteiger partial charge >= 0.3 is 0 Å². The number of hydrogen-bond acceptors (Lipinski definition) is 4. The molecule has 1 heterocycles. The van der Waals surface area contributed by atoms with Gasteiger partial charge in [-0.2, -0.15) is 0 Å². The number of amides is 3. The van der Waals surface area contributed by atoms with Crippen LogP contribution in [0.25, 0.3) is 0 Å². The van der Waals surface area contributed by atoms with Crippen molar-refractivity contribution in [3.05, 3.63) is 52.5 Å². The van der Waals surface area contributed by atoms with E-state index in [4.69, 9.17) is 27.9 Å². The number of carbonyl (C=O) groups excluding carboxylic acids is 3. The Kier molecular flexibility index (Phi) is 5.83. The summed E-state index contributed by atoms with van der Waals surface area (Å²) in [5, 5.41) is 8.41. The van der Waals surface area contributed by atoms with Gasteiger partial charge in [0, 0.05) is 5.02 Å². The van der Waals surface area contributed by atoms with Crippen LogP contribution in [0.2, 0.25) is 10.0 Å². The maximum Gasteiger partial charge on any atom is 0.266 e. The van der Waals surface area contributed by atoms with Crippen LogP contribution < -0.4 is 20.7 Å². The van der Waals surface area contributed by atoms with E-state index in [1.807, 2.05) is 0 Å². The van der Waals surface area contributed by atoms with Gasteiger partial charge in [-0.25, -0.2) is 0 Å². The highest BCUT2D eigenvalue weighted by atomic mass is 35.5. The van der Waals surface area contributed by atoms with Crippen molar-refractivity contribution in [2.45, 2.75) is 12.5 Å². The molecule has 0 bridgehead atoms. The highest BCUT2D eigenvalue weighted by Gasteiger charge is 2.29. The molecule has 140 valence electrons. The van der Waals surface area contributed by atoms with E-state index in [1.54, 1.807) is 36.4 Å². The van der Waals surface area contributed by atoms with Crippen molar-refractivity contribution in [2.24, 2.45) is 0 Å². The fraction of sp³-hybridized carbons (Fsp3) is 0.167. The van der Waals surface area contributed by atoms with E-state index in [1.165, 1.54) is 6.07 Å². The Labute approximate surface area is 165 Å². The zero-order chi connectivity index (χ0) is 19.4. The highest BCUT2D eigenvalue weighted by Crippen LogP contribution is 2.29. The van der Waals surface area contributed by atoms with Crippen molar-refractivity contribution in [1.82, 2.24) is 5.32 Å². The lowest BCUT2D eigenvalue weighted by atomic mass is 10.1. The van der Waals surface area contributed by atoms with Crippen LogP contribution >= 0.6 is 23.2 Å². The van der Waals surface area contributed by atoms with Gasteiger partial charge in [0.1, 0.15) is 5.75 Å². The number of carbonyl (C=O) groups is 3. The number of halogens is 2. The topological polar surface area (TPSA) is 96.5 Å². The molecule has 1 atom stereocenters. The van der Waals surface area contributed by atoms with Gasteiger partial charge in [0.15, 0.2) is 6.10 Å². The maximum absolute atomic E-state index is 12.0. The lowest BCUT2D eigenvalue weighted by Gasteiger charge is -2.25. The van der Waals surface area contributed by atoms with Crippen LogP contribution in [0.1, 0.15) is 6.42 Å². The van der Waals surface area contributed by atoms with Gasteiger partial charge in [-0.3, -0.25) is 14.4 Å². The van der Waals surface area contributed by atoms with Crippen LogP contribution in [0.4, 0.5) is 11.4 Å². The number of ether oxygens (including phenoxy) is 1. The normalized spacial score (nSPS) is 15.2. The number of rotatable bonds is 5. The molecule has 0 unspecified atom stereocenters. The molecule has 3 N–H and O–H groups in total. The standard InChI is InChI=1S/C18H15Cl2N3O4/c19-10-5-6-11(20)13(7-10)22-17(25)9-21-16(24)8-15-18(26)23-12-3-1-2-4-14(12)27-15/h1-7,15H,8-9H2,(H,21,24)(H,22,25)(H,23,26)/t15-/m1/s1. The molecular formula is C18H15Cl2N3O4. The Balaban J connectivity index is 1.50. The molecule has 27 heavy (non-hydrogen) atoms. The Bertz CT molecular complexity index is 904. The molecule has 0 radical (unpaired) electrons.